The second-order valence-electron chi connectivity index (χ2n) is 7.24. The third kappa shape index (κ3) is 5.09. The molecule has 1 saturated heterocycles. The number of hydrogen-bond acceptors (Lipinski definition) is 5. The standard InChI is InChI=1S/C23H25N3O2S/c1-17-6-8-18(9-7-17)23-25-21(16-29-23)22(27)24-14-19-4-2-3-5-20(19)15-26-10-12-28-13-11-26/h2-9,16H,10-15H2,1H3,(H,24,27). The maximum Gasteiger partial charge on any atom is 0.271 e. The number of ether oxygens (including phenoxy) is 1. The lowest BCUT2D eigenvalue weighted by molar-refractivity contribution is 0.0340. The van der Waals surface area contributed by atoms with Crippen molar-refractivity contribution in [2.45, 2.75) is 20.0 Å². The summed E-state index contributed by atoms with van der Waals surface area (Å²) >= 11 is 1.49. The molecule has 150 valence electrons. The second-order valence-corrected chi connectivity index (χ2v) is 8.10. The number of carbonyl (C=O) groups is 1. The first-order chi connectivity index (χ1) is 14.2. The molecule has 0 saturated carbocycles. The van der Waals surface area contributed by atoms with E-state index >= 15 is 0 Å². The van der Waals surface area contributed by atoms with Gasteiger partial charge in [0.05, 0.1) is 13.2 Å². The fourth-order valence-electron chi connectivity index (χ4n) is 3.36. The Bertz CT molecular complexity index is 962. The Morgan fingerprint density at radius 3 is 2.59 bits per heavy atom. The summed E-state index contributed by atoms with van der Waals surface area (Å²) < 4.78 is 5.43. The van der Waals surface area contributed by atoms with Crippen LogP contribution in [0.4, 0.5) is 0 Å². The van der Waals surface area contributed by atoms with Crippen LogP contribution in [0.2, 0.25) is 0 Å². The molecule has 1 aliphatic rings. The topological polar surface area (TPSA) is 54.5 Å². The molecule has 29 heavy (non-hydrogen) atoms. The molecule has 1 aromatic heterocycles. The van der Waals surface area contributed by atoms with Gasteiger partial charge in [-0.2, -0.15) is 0 Å². The molecule has 0 radical (unpaired) electrons. The van der Waals surface area contributed by atoms with Crippen LogP contribution >= 0.6 is 11.3 Å². The molecule has 0 bridgehead atoms. The van der Waals surface area contributed by atoms with Crippen LogP contribution in [-0.4, -0.2) is 42.1 Å². The van der Waals surface area contributed by atoms with Gasteiger partial charge in [0.2, 0.25) is 0 Å². The van der Waals surface area contributed by atoms with Crippen molar-refractivity contribution in [1.29, 1.82) is 0 Å². The molecule has 1 fully saturated rings. The highest BCUT2D eigenvalue weighted by Gasteiger charge is 2.15. The first-order valence-electron chi connectivity index (χ1n) is 9.87. The minimum atomic E-state index is -0.138. The monoisotopic (exact) mass is 407 g/mol. The fraction of sp³-hybridized carbons (Fsp3) is 0.304. The smallest absolute Gasteiger partial charge is 0.271 e. The summed E-state index contributed by atoms with van der Waals surface area (Å²) in [4.78, 5) is 19.5. The molecular weight excluding hydrogens is 382 g/mol. The predicted molar refractivity (Wildman–Crippen MR) is 116 cm³/mol. The van der Waals surface area contributed by atoms with Gasteiger partial charge in [-0.05, 0) is 18.1 Å². The average Bonchev–Trinajstić information content (AvgIpc) is 3.24. The molecule has 4 rings (SSSR count). The molecular formula is C23H25N3O2S. The third-order valence-corrected chi connectivity index (χ3v) is 5.98. The van der Waals surface area contributed by atoms with E-state index in [0.29, 0.717) is 12.2 Å². The number of aryl methyl sites for hydroxylation is 1. The molecule has 5 nitrogen and oxygen atoms in total. The second kappa shape index (κ2) is 9.31. The summed E-state index contributed by atoms with van der Waals surface area (Å²) in [7, 11) is 0. The molecule has 2 heterocycles. The third-order valence-electron chi connectivity index (χ3n) is 5.09. The predicted octanol–water partition coefficient (Wildman–Crippen LogP) is 3.88. The Morgan fingerprint density at radius 1 is 1.10 bits per heavy atom. The molecule has 1 amide bonds. The molecule has 0 atom stereocenters. The van der Waals surface area contributed by atoms with E-state index in [9.17, 15) is 4.79 Å². The minimum Gasteiger partial charge on any atom is -0.379 e. The van der Waals surface area contributed by atoms with Crippen LogP contribution in [0.15, 0.2) is 53.9 Å². The number of amides is 1. The first kappa shape index (κ1) is 19.8. The quantitative estimate of drug-likeness (QED) is 0.674. The Balaban J connectivity index is 1.39. The Hall–Kier alpha value is -2.54. The number of aromatic nitrogens is 1. The first-order valence-corrected chi connectivity index (χ1v) is 10.7. The zero-order valence-electron chi connectivity index (χ0n) is 16.6. The summed E-state index contributed by atoms with van der Waals surface area (Å²) in [6.45, 7) is 6.89. The Morgan fingerprint density at radius 2 is 1.83 bits per heavy atom. The molecule has 0 unspecified atom stereocenters. The SMILES string of the molecule is Cc1ccc(-c2nc(C(=O)NCc3ccccc3CN3CCOCC3)cs2)cc1. The van der Waals surface area contributed by atoms with Crippen LogP contribution in [0.25, 0.3) is 10.6 Å². The molecule has 1 N–H and O–H groups in total. The van der Waals surface area contributed by atoms with Crippen molar-refractivity contribution in [2.75, 3.05) is 26.3 Å². The van der Waals surface area contributed by atoms with Gasteiger partial charge in [0, 0.05) is 37.1 Å². The van der Waals surface area contributed by atoms with Crippen LogP contribution in [0.5, 0.6) is 0 Å². The van der Waals surface area contributed by atoms with Crippen molar-refractivity contribution in [2.24, 2.45) is 0 Å². The van der Waals surface area contributed by atoms with Crippen molar-refractivity contribution >= 4 is 17.2 Å². The molecule has 0 spiro atoms. The van der Waals surface area contributed by atoms with Crippen LogP contribution in [0.3, 0.4) is 0 Å². The fourth-order valence-corrected chi connectivity index (χ4v) is 4.16. The largest absolute Gasteiger partial charge is 0.379 e. The summed E-state index contributed by atoms with van der Waals surface area (Å²) in [5, 5.41) is 5.72. The molecule has 1 aliphatic heterocycles. The van der Waals surface area contributed by atoms with Gasteiger partial charge < -0.3 is 10.1 Å². The number of morpholine rings is 1. The molecule has 0 aliphatic carbocycles. The van der Waals surface area contributed by atoms with Gasteiger partial charge in [-0.15, -0.1) is 11.3 Å². The van der Waals surface area contributed by atoms with E-state index in [1.807, 2.05) is 23.6 Å². The Labute approximate surface area is 175 Å². The zero-order chi connectivity index (χ0) is 20.1. The Kier molecular flexibility index (Phi) is 6.34. The van der Waals surface area contributed by atoms with E-state index in [-0.39, 0.29) is 5.91 Å². The molecule has 2 aromatic carbocycles. The van der Waals surface area contributed by atoms with Crippen LogP contribution in [0.1, 0.15) is 27.2 Å². The van der Waals surface area contributed by atoms with Crippen molar-refractivity contribution in [3.63, 3.8) is 0 Å². The van der Waals surface area contributed by atoms with Crippen molar-refractivity contribution in [1.82, 2.24) is 15.2 Å². The van der Waals surface area contributed by atoms with Gasteiger partial charge in [0.1, 0.15) is 10.7 Å². The highest BCUT2D eigenvalue weighted by Crippen LogP contribution is 2.24. The van der Waals surface area contributed by atoms with Crippen LogP contribution < -0.4 is 5.32 Å². The maximum atomic E-state index is 12.6. The summed E-state index contributed by atoms with van der Waals surface area (Å²) in [6, 6.07) is 16.5. The van der Waals surface area contributed by atoms with E-state index in [1.165, 1.54) is 22.5 Å². The highest BCUT2D eigenvalue weighted by atomic mass is 32.1. The van der Waals surface area contributed by atoms with Gasteiger partial charge in [0.15, 0.2) is 0 Å². The number of hydrogen-bond donors (Lipinski definition) is 1. The number of benzene rings is 2. The summed E-state index contributed by atoms with van der Waals surface area (Å²) in [5.41, 5.74) is 5.10. The minimum absolute atomic E-state index is 0.138. The number of carbonyl (C=O) groups excluding carboxylic acids is 1. The number of thiazole rings is 1. The molecule has 3 aromatic rings. The normalized spacial score (nSPS) is 14.7. The lowest BCUT2D eigenvalue weighted by Gasteiger charge is -2.27. The van der Waals surface area contributed by atoms with Gasteiger partial charge in [-0.1, -0.05) is 54.1 Å². The highest BCUT2D eigenvalue weighted by molar-refractivity contribution is 7.13. The van der Waals surface area contributed by atoms with Gasteiger partial charge in [0.25, 0.3) is 5.91 Å². The molecule has 6 heteroatoms. The zero-order valence-corrected chi connectivity index (χ0v) is 17.4. The summed E-state index contributed by atoms with van der Waals surface area (Å²) in [6.07, 6.45) is 0. The van der Waals surface area contributed by atoms with Gasteiger partial charge >= 0.3 is 0 Å². The van der Waals surface area contributed by atoms with Crippen LogP contribution in [0, 0.1) is 6.92 Å². The van der Waals surface area contributed by atoms with Gasteiger partial charge in [-0.25, -0.2) is 4.98 Å². The van der Waals surface area contributed by atoms with Crippen molar-refractivity contribution in [3.05, 3.63) is 76.3 Å². The van der Waals surface area contributed by atoms with E-state index in [1.54, 1.807) is 0 Å². The van der Waals surface area contributed by atoms with Crippen molar-refractivity contribution in [3.8, 4) is 10.6 Å². The van der Waals surface area contributed by atoms with Crippen molar-refractivity contribution < 1.29 is 9.53 Å². The maximum absolute atomic E-state index is 12.6. The lowest BCUT2D eigenvalue weighted by Crippen LogP contribution is -2.36. The number of nitrogens with zero attached hydrogens (tertiary/aromatic N) is 2. The van der Waals surface area contributed by atoms with E-state index in [2.05, 4.69) is 52.5 Å². The number of nitrogens with one attached hydrogen (secondary N) is 1. The van der Waals surface area contributed by atoms with E-state index in [0.717, 1.165) is 49.0 Å². The van der Waals surface area contributed by atoms with E-state index in [4.69, 9.17) is 4.74 Å². The van der Waals surface area contributed by atoms with Crippen LogP contribution in [-0.2, 0) is 17.8 Å². The number of rotatable bonds is 6. The lowest BCUT2D eigenvalue weighted by atomic mass is 10.1. The average molecular weight is 408 g/mol. The van der Waals surface area contributed by atoms with Gasteiger partial charge in [-0.3, -0.25) is 9.69 Å². The summed E-state index contributed by atoms with van der Waals surface area (Å²) in [5.74, 6) is -0.138. The van der Waals surface area contributed by atoms with E-state index < -0.39 is 0 Å².